The van der Waals surface area contributed by atoms with Crippen LogP contribution in [0.1, 0.15) is 62.7 Å². The van der Waals surface area contributed by atoms with E-state index in [1.165, 1.54) is 23.3 Å². The zero-order valence-corrected chi connectivity index (χ0v) is 27.2. The normalized spacial score (nSPS) is 17.3. The maximum Gasteiger partial charge on any atom is 0.410 e. The van der Waals surface area contributed by atoms with Gasteiger partial charge in [0.05, 0.1) is 30.7 Å². The number of piperazine rings is 1. The van der Waals surface area contributed by atoms with Crippen molar-refractivity contribution in [3.05, 3.63) is 65.4 Å². The van der Waals surface area contributed by atoms with Crippen molar-refractivity contribution < 1.29 is 32.2 Å². The summed E-state index contributed by atoms with van der Waals surface area (Å²) in [6.45, 7) is 11.5. The molecule has 1 saturated heterocycles. The van der Waals surface area contributed by atoms with E-state index in [-0.39, 0.29) is 36.6 Å². The molecule has 13 heteroatoms. The molecule has 0 spiro atoms. The Labute approximate surface area is 271 Å². The third-order valence-electron chi connectivity index (χ3n) is 8.63. The van der Waals surface area contributed by atoms with Gasteiger partial charge in [0.2, 0.25) is 0 Å². The second-order valence-electron chi connectivity index (χ2n) is 13.0. The van der Waals surface area contributed by atoms with Crippen molar-refractivity contribution in [3.8, 4) is 11.1 Å². The molecule has 1 amide bonds. The van der Waals surface area contributed by atoms with Gasteiger partial charge >= 0.3 is 12.1 Å². The number of nitrogens with zero attached hydrogens (tertiary/aromatic N) is 6. The largest absolute Gasteiger partial charge is 0.464 e. The van der Waals surface area contributed by atoms with Crippen LogP contribution in [-0.4, -0.2) is 80.9 Å². The van der Waals surface area contributed by atoms with Gasteiger partial charge in [-0.25, -0.2) is 27.7 Å². The molecule has 2 aromatic heterocycles. The van der Waals surface area contributed by atoms with Gasteiger partial charge in [0.15, 0.2) is 6.04 Å². The molecule has 4 heterocycles. The SMILES string of the molecule is CCOC(=O)C(c1ncn2c1C[C@@H](F)C2)n1cc2c(C(F)F)cc(-c3ccc(N4CCN(C(=O)OC(C)(C)C)CC4)cc3)c(C)c2n1. The zero-order valence-electron chi connectivity index (χ0n) is 27.2. The third-order valence-corrected chi connectivity index (χ3v) is 8.63. The molecule has 1 unspecified atom stereocenters. The second-order valence-corrected chi connectivity index (χ2v) is 13.0. The summed E-state index contributed by atoms with van der Waals surface area (Å²) in [4.78, 5) is 34.0. The number of anilines is 1. The van der Waals surface area contributed by atoms with E-state index >= 15 is 0 Å². The highest BCUT2D eigenvalue weighted by atomic mass is 19.3. The van der Waals surface area contributed by atoms with Gasteiger partial charge in [-0.2, -0.15) is 5.10 Å². The first-order chi connectivity index (χ1) is 22.3. The van der Waals surface area contributed by atoms with Crippen LogP contribution >= 0.6 is 0 Å². The number of benzene rings is 2. The molecule has 250 valence electrons. The number of rotatable bonds is 7. The van der Waals surface area contributed by atoms with E-state index in [9.17, 15) is 22.8 Å². The first-order valence-corrected chi connectivity index (χ1v) is 15.8. The van der Waals surface area contributed by atoms with Crippen molar-refractivity contribution in [2.75, 3.05) is 37.7 Å². The molecule has 0 saturated carbocycles. The minimum absolute atomic E-state index is 0.0902. The first kappa shape index (κ1) is 32.4. The molecule has 10 nitrogen and oxygen atoms in total. The van der Waals surface area contributed by atoms with Crippen LogP contribution in [0.15, 0.2) is 42.9 Å². The smallest absolute Gasteiger partial charge is 0.410 e. The summed E-state index contributed by atoms with van der Waals surface area (Å²) in [5, 5.41) is 4.89. The molecule has 0 N–H and O–H groups in total. The van der Waals surface area contributed by atoms with Crippen LogP contribution in [0, 0.1) is 6.92 Å². The van der Waals surface area contributed by atoms with Gasteiger partial charge in [-0.05, 0) is 69.5 Å². The Kier molecular flexibility index (Phi) is 8.66. The predicted molar refractivity (Wildman–Crippen MR) is 170 cm³/mol. The summed E-state index contributed by atoms with van der Waals surface area (Å²) in [7, 11) is 0. The van der Waals surface area contributed by atoms with Crippen molar-refractivity contribution in [2.45, 2.75) is 71.8 Å². The topological polar surface area (TPSA) is 94.7 Å². The molecule has 6 rings (SSSR count). The lowest BCUT2D eigenvalue weighted by Crippen LogP contribution is -2.50. The summed E-state index contributed by atoms with van der Waals surface area (Å²) in [6.07, 6.45) is -1.23. The highest BCUT2D eigenvalue weighted by Gasteiger charge is 2.35. The summed E-state index contributed by atoms with van der Waals surface area (Å²) < 4.78 is 57.2. The highest BCUT2D eigenvalue weighted by molar-refractivity contribution is 5.92. The van der Waals surface area contributed by atoms with Gasteiger partial charge in [-0.15, -0.1) is 0 Å². The number of alkyl halides is 3. The first-order valence-electron chi connectivity index (χ1n) is 15.8. The number of aromatic nitrogens is 4. The number of amides is 1. The van der Waals surface area contributed by atoms with Gasteiger partial charge < -0.3 is 23.8 Å². The van der Waals surface area contributed by atoms with E-state index in [1.807, 2.05) is 52.0 Å². The van der Waals surface area contributed by atoms with Crippen LogP contribution in [0.4, 0.5) is 23.7 Å². The Morgan fingerprint density at radius 2 is 1.79 bits per heavy atom. The lowest BCUT2D eigenvalue weighted by Gasteiger charge is -2.36. The van der Waals surface area contributed by atoms with Crippen LogP contribution in [0.25, 0.3) is 22.0 Å². The maximum atomic E-state index is 14.6. The van der Waals surface area contributed by atoms with Crippen LogP contribution in [0.5, 0.6) is 0 Å². The molecule has 0 aliphatic carbocycles. The van der Waals surface area contributed by atoms with Crippen LogP contribution in [0.2, 0.25) is 0 Å². The van der Waals surface area contributed by atoms with Crippen molar-refractivity contribution in [3.63, 3.8) is 0 Å². The fourth-order valence-corrected chi connectivity index (χ4v) is 6.37. The van der Waals surface area contributed by atoms with E-state index in [4.69, 9.17) is 9.47 Å². The van der Waals surface area contributed by atoms with Crippen molar-refractivity contribution >= 4 is 28.7 Å². The quantitative estimate of drug-likeness (QED) is 0.218. The van der Waals surface area contributed by atoms with Crippen molar-refractivity contribution in [1.29, 1.82) is 0 Å². The summed E-state index contributed by atoms with van der Waals surface area (Å²) in [5.74, 6) is -0.650. The number of fused-ring (bicyclic) bond motifs is 2. The summed E-state index contributed by atoms with van der Waals surface area (Å²) in [5.41, 5.74) is 3.37. The van der Waals surface area contributed by atoms with E-state index in [1.54, 1.807) is 16.4 Å². The van der Waals surface area contributed by atoms with Gasteiger partial charge in [0.25, 0.3) is 6.43 Å². The number of carbonyl (C=O) groups is 2. The molecule has 2 aliphatic rings. The average molecular weight is 653 g/mol. The van der Waals surface area contributed by atoms with Crippen LogP contribution in [-0.2, 0) is 27.2 Å². The van der Waals surface area contributed by atoms with Gasteiger partial charge in [-0.1, -0.05) is 12.1 Å². The molecule has 0 bridgehead atoms. The van der Waals surface area contributed by atoms with Gasteiger partial charge in [0, 0.05) is 61.1 Å². The lowest BCUT2D eigenvalue weighted by atomic mass is 9.95. The Bertz CT molecular complexity index is 1790. The molecule has 47 heavy (non-hydrogen) atoms. The molecule has 1 fully saturated rings. The van der Waals surface area contributed by atoms with E-state index in [0.29, 0.717) is 54.2 Å². The molecule has 2 aromatic carbocycles. The zero-order chi connectivity index (χ0) is 33.6. The van der Waals surface area contributed by atoms with Crippen molar-refractivity contribution in [2.24, 2.45) is 0 Å². The standard InChI is InChI=1S/C34H39F3N6O4/c1-6-46-32(44)30(29-27-15-22(35)17-42(27)19-38-29)43-18-26-25(31(36)37)16-24(20(2)28(26)39-43)21-7-9-23(10-8-21)40-11-13-41(14-12-40)33(45)47-34(3,4)5/h7-10,16,18-19,22,30-31H,6,11-15,17H2,1-5H3/t22-,30?/m1/s1. The van der Waals surface area contributed by atoms with Gasteiger partial charge in [-0.3, -0.25) is 4.68 Å². The molecule has 2 aliphatic heterocycles. The number of esters is 1. The fourth-order valence-electron chi connectivity index (χ4n) is 6.37. The lowest BCUT2D eigenvalue weighted by molar-refractivity contribution is -0.146. The number of hydrogen-bond acceptors (Lipinski definition) is 7. The number of imidazole rings is 1. The number of ether oxygens (including phenoxy) is 2. The minimum atomic E-state index is -2.81. The average Bonchev–Trinajstić information content (AvgIpc) is 3.72. The summed E-state index contributed by atoms with van der Waals surface area (Å²) in [6, 6.07) is 7.98. The highest BCUT2D eigenvalue weighted by Crippen LogP contribution is 2.38. The monoisotopic (exact) mass is 652 g/mol. The second kappa shape index (κ2) is 12.6. The summed E-state index contributed by atoms with van der Waals surface area (Å²) >= 11 is 0. The molecular formula is C34H39F3N6O4. The van der Waals surface area contributed by atoms with Crippen LogP contribution in [0.3, 0.4) is 0 Å². The maximum absolute atomic E-state index is 14.6. The molecule has 2 atom stereocenters. The van der Waals surface area contributed by atoms with E-state index < -0.39 is 30.2 Å². The van der Waals surface area contributed by atoms with Gasteiger partial charge in [0.1, 0.15) is 11.8 Å². The Balaban J connectivity index is 1.30. The number of halogens is 3. The molecule has 0 radical (unpaired) electrons. The minimum Gasteiger partial charge on any atom is -0.464 e. The van der Waals surface area contributed by atoms with E-state index in [0.717, 1.165) is 11.3 Å². The molecular weight excluding hydrogens is 613 g/mol. The number of carbonyl (C=O) groups excluding carboxylic acids is 2. The Hall–Kier alpha value is -4.55. The van der Waals surface area contributed by atoms with E-state index in [2.05, 4.69) is 15.0 Å². The van der Waals surface area contributed by atoms with Crippen LogP contribution < -0.4 is 4.90 Å². The Morgan fingerprint density at radius 3 is 2.43 bits per heavy atom. The Morgan fingerprint density at radius 1 is 1.09 bits per heavy atom. The number of aryl methyl sites for hydroxylation is 1. The third kappa shape index (κ3) is 6.39. The predicted octanol–water partition coefficient (Wildman–Crippen LogP) is 6.25. The van der Waals surface area contributed by atoms with Crippen molar-refractivity contribution in [1.82, 2.24) is 24.2 Å². The number of hydrogen-bond donors (Lipinski definition) is 0. The fraction of sp³-hybridized carbons (Fsp3) is 0.471. The molecule has 4 aromatic rings.